The average molecular weight is 476 g/mol. The maximum Gasteiger partial charge on any atom is 0.258 e. The van der Waals surface area contributed by atoms with E-state index in [9.17, 15) is 4.79 Å². The third-order valence-electron chi connectivity index (χ3n) is 6.60. The molecule has 0 fully saturated rings. The van der Waals surface area contributed by atoms with Gasteiger partial charge in [-0.1, -0.05) is 36.4 Å². The maximum absolute atomic E-state index is 13.8. The Balaban J connectivity index is 1.33. The van der Waals surface area contributed by atoms with E-state index in [2.05, 4.69) is 22.1 Å². The molecule has 5 aromatic rings. The Hall–Kier alpha value is -4.65. The smallest absolute Gasteiger partial charge is 0.258 e. The molecule has 0 bridgehead atoms. The maximum atomic E-state index is 13.8. The molecule has 0 radical (unpaired) electrons. The Morgan fingerprint density at radius 1 is 1.06 bits per heavy atom. The predicted octanol–water partition coefficient (Wildman–Crippen LogP) is 5.35. The summed E-state index contributed by atoms with van der Waals surface area (Å²) < 4.78 is 7.19. The number of hydrogen-bond acceptors (Lipinski definition) is 4. The number of hydrogen-bond donors (Lipinski definition) is 1. The van der Waals surface area contributed by atoms with E-state index in [-0.39, 0.29) is 5.91 Å². The van der Waals surface area contributed by atoms with Crippen LogP contribution < -0.4 is 4.74 Å². The van der Waals surface area contributed by atoms with Gasteiger partial charge in [0, 0.05) is 48.2 Å². The highest BCUT2D eigenvalue weighted by Crippen LogP contribution is 2.31. The van der Waals surface area contributed by atoms with E-state index in [1.807, 2.05) is 78.0 Å². The monoisotopic (exact) mass is 475 g/mol. The van der Waals surface area contributed by atoms with E-state index in [4.69, 9.17) is 9.84 Å². The molecule has 7 heteroatoms. The molecule has 36 heavy (non-hydrogen) atoms. The van der Waals surface area contributed by atoms with Crippen molar-refractivity contribution >= 4 is 22.5 Å². The molecule has 6 rings (SSSR count). The molecule has 3 aromatic heterocycles. The highest BCUT2D eigenvalue weighted by Gasteiger charge is 2.26. The average Bonchev–Trinajstić information content (AvgIpc) is 3.59. The Labute approximate surface area is 208 Å². The van der Waals surface area contributed by atoms with Crippen molar-refractivity contribution in [2.45, 2.75) is 6.42 Å². The SMILES string of the molecule is COc1cccc(-c2nn(-c3ccccc3)cc2C(=O)N2CC=C(c3c[nH]c4ncccc34)CC2)c1. The number of carbonyl (C=O) groups excluding carboxylic acids is 1. The van der Waals surface area contributed by atoms with Crippen molar-refractivity contribution in [3.63, 3.8) is 0 Å². The number of aromatic amines is 1. The number of ether oxygens (including phenoxy) is 1. The van der Waals surface area contributed by atoms with Gasteiger partial charge >= 0.3 is 0 Å². The summed E-state index contributed by atoms with van der Waals surface area (Å²) in [7, 11) is 1.63. The standard InChI is InChI=1S/C29H25N5O2/c1-36-23-10-5-7-21(17-23)27-26(19-34(32-27)22-8-3-2-4-9-22)29(35)33-15-12-20(13-16-33)25-18-31-28-24(25)11-6-14-30-28/h2-12,14,17-19H,13,15-16H2,1H3,(H,30,31). The van der Waals surface area contributed by atoms with Crippen molar-refractivity contribution in [3.05, 3.63) is 103 Å². The number of nitrogens with zero attached hydrogens (tertiary/aromatic N) is 4. The second kappa shape index (κ2) is 9.19. The van der Waals surface area contributed by atoms with Crippen LogP contribution in [0.3, 0.4) is 0 Å². The van der Waals surface area contributed by atoms with Gasteiger partial charge in [-0.05, 0) is 48.4 Å². The second-order valence-corrected chi connectivity index (χ2v) is 8.74. The first-order valence-electron chi connectivity index (χ1n) is 11.9. The van der Waals surface area contributed by atoms with Gasteiger partial charge < -0.3 is 14.6 Å². The van der Waals surface area contributed by atoms with Gasteiger partial charge in [-0.3, -0.25) is 4.79 Å². The molecule has 1 N–H and O–H groups in total. The van der Waals surface area contributed by atoms with Gasteiger partial charge in [0.25, 0.3) is 5.91 Å². The number of pyridine rings is 1. The van der Waals surface area contributed by atoms with Gasteiger partial charge in [0.1, 0.15) is 17.1 Å². The van der Waals surface area contributed by atoms with E-state index < -0.39 is 0 Å². The Bertz CT molecular complexity index is 1580. The lowest BCUT2D eigenvalue weighted by atomic mass is 9.99. The minimum Gasteiger partial charge on any atom is -0.497 e. The molecule has 0 atom stereocenters. The van der Waals surface area contributed by atoms with Gasteiger partial charge in [-0.2, -0.15) is 5.10 Å². The van der Waals surface area contributed by atoms with Crippen LogP contribution in [0.15, 0.2) is 91.4 Å². The summed E-state index contributed by atoms with van der Waals surface area (Å²) in [4.78, 5) is 23.3. The minimum atomic E-state index is -0.0362. The molecule has 1 amide bonds. The van der Waals surface area contributed by atoms with E-state index in [0.29, 0.717) is 24.3 Å². The normalized spacial score (nSPS) is 13.6. The second-order valence-electron chi connectivity index (χ2n) is 8.74. The molecule has 0 unspecified atom stereocenters. The number of amides is 1. The number of methoxy groups -OCH3 is 1. The van der Waals surface area contributed by atoms with Gasteiger partial charge in [0.05, 0.1) is 18.4 Å². The molecular weight excluding hydrogens is 450 g/mol. The van der Waals surface area contributed by atoms with Gasteiger partial charge in [0.2, 0.25) is 0 Å². The minimum absolute atomic E-state index is 0.0362. The van der Waals surface area contributed by atoms with Crippen LogP contribution in [0.25, 0.3) is 33.6 Å². The number of rotatable bonds is 5. The van der Waals surface area contributed by atoms with Crippen LogP contribution in [0.2, 0.25) is 0 Å². The van der Waals surface area contributed by atoms with Crippen LogP contribution in [0.1, 0.15) is 22.3 Å². The first-order chi connectivity index (χ1) is 17.7. The van der Waals surface area contributed by atoms with E-state index in [0.717, 1.165) is 40.0 Å². The first-order valence-corrected chi connectivity index (χ1v) is 11.9. The highest BCUT2D eigenvalue weighted by molar-refractivity contribution is 6.00. The number of para-hydroxylation sites is 1. The van der Waals surface area contributed by atoms with Gasteiger partial charge in [0.15, 0.2) is 0 Å². The molecule has 1 aliphatic rings. The Kier molecular flexibility index (Phi) is 5.58. The van der Waals surface area contributed by atoms with Crippen LogP contribution in [-0.2, 0) is 0 Å². The molecule has 2 aromatic carbocycles. The lowest BCUT2D eigenvalue weighted by Crippen LogP contribution is -2.34. The summed E-state index contributed by atoms with van der Waals surface area (Å²) in [6.07, 6.45) is 8.54. The molecular formula is C29H25N5O2. The number of aromatic nitrogens is 4. The Morgan fingerprint density at radius 2 is 1.94 bits per heavy atom. The van der Waals surface area contributed by atoms with Crippen LogP contribution in [0.4, 0.5) is 0 Å². The van der Waals surface area contributed by atoms with Crippen LogP contribution in [0, 0.1) is 0 Å². The van der Waals surface area contributed by atoms with Crippen molar-refractivity contribution in [2.75, 3.05) is 20.2 Å². The summed E-state index contributed by atoms with van der Waals surface area (Å²) >= 11 is 0. The summed E-state index contributed by atoms with van der Waals surface area (Å²) in [5.41, 5.74) is 6.20. The molecule has 0 saturated heterocycles. The quantitative estimate of drug-likeness (QED) is 0.372. The first kappa shape index (κ1) is 21.9. The van der Waals surface area contributed by atoms with Gasteiger partial charge in [-0.15, -0.1) is 0 Å². The van der Waals surface area contributed by atoms with E-state index in [1.165, 1.54) is 5.57 Å². The third-order valence-corrected chi connectivity index (χ3v) is 6.60. The van der Waals surface area contributed by atoms with Crippen molar-refractivity contribution < 1.29 is 9.53 Å². The number of nitrogens with one attached hydrogen (secondary N) is 1. The molecule has 0 aliphatic carbocycles. The molecule has 7 nitrogen and oxygen atoms in total. The van der Waals surface area contributed by atoms with Crippen molar-refractivity contribution in [1.82, 2.24) is 24.6 Å². The fraction of sp³-hybridized carbons (Fsp3) is 0.138. The zero-order valence-corrected chi connectivity index (χ0v) is 19.9. The van der Waals surface area contributed by atoms with Crippen LogP contribution in [0.5, 0.6) is 5.75 Å². The fourth-order valence-corrected chi connectivity index (χ4v) is 4.72. The number of carbonyl (C=O) groups is 1. The van der Waals surface area contributed by atoms with Crippen LogP contribution in [-0.4, -0.2) is 50.8 Å². The summed E-state index contributed by atoms with van der Waals surface area (Å²) in [5, 5.41) is 5.92. The van der Waals surface area contributed by atoms with Crippen LogP contribution >= 0.6 is 0 Å². The molecule has 1 aliphatic heterocycles. The number of fused-ring (bicyclic) bond motifs is 1. The zero-order valence-electron chi connectivity index (χ0n) is 19.9. The summed E-state index contributed by atoms with van der Waals surface area (Å²) in [6, 6.07) is 21.5. The number of benzene rings is 2. The molecule has 178 valence electrons. The lowest BCUT2D eigenvalue weighted by molar-refractivity contribution is 0.0773. The van der Waals surface area contributed by atoms with E-state index in [1.54, 1.807) is 18.0 Å². The molecule has 0 saturated carbocycles. The zero-order chi connectivity index (χ0) is 24.5. The molecule has 4 heterocycles. The predicted molar refractivity (Wildman–Crippen MR) is 140 cm³/mol. The van der Waals surface area contributed by atoms with Gasteiger partial charge in [-0.25, -0.2) is 9.67 Å². The Morgan fingerprint density at radius 3 is 2.75 bits per heavy atom. The third kappa shape index (κ3) is 3.94. The lowest BCUT2D eigenvalue weighted by Gasteiger charge is -2.26. The topological polar surface area (TPSA) is 76.0 Å². The van der Waals surface area contributed by atoms with Crippen molar-refractivity contribution in [1.29, 1.82) is 0 Å². The largest absolute Gasteiger partial charge is 0.497 e. The van der Waals surface area contributed by atoms with Crippen molar-refractivity contribution in [2.24, 2.45) is 0 Å². The highest BCUT2D eigenvalue weighted by atomic mass is 16.5. The fourth-order valence-electron chi connectivity index (χ4n) is 4.72. The van der Waals surface area contributed by atoms with Crippen molar-refractivity contribution in [3.8, 4) is 22.7 Å². The summed E-state index contributed by atoms with van der Waals surface area (Å²) in [6.45, 7) is 1.17. The summed E-state index contributed by atoms with van der Waals surface area (Å²) in [5.74, 6) is 0.685. The van der Waals surface area contributed by atoms with E-state index >= 15 is 0 Å². The molecule has 0 spiro atoms. The number of H-pyrrole nitrogens is 1.